The second kappa shape index (κ2) is 68.6. The molecule has 0 bridgehead atoms. The summed E-state index contributed by atoms with van der Waals surface area (Å²) in [4.78, 5) is 38.4. The van der Waals surface area contributed by atoms with Crippen LogP contribution in [0.3, 0.4) is 0 Å². The molecule has 6 heteroatoms. The van der Waals surface area contributed by atoms with E-state index in [0.717, 1.165) is 103 Å². The Bertz CT molecular complexity index is 1620. The Balaban J connectivity index is 4.38. The monoisotopic (exact) mass is 1120 g/mol. The average molecular weight is 1130 g/mol. The van der Waals surface area contributed by atoms with Gasteiger partial charge in [-0.15, -0.1) is 0 Å². The quantitative estimate of drug-likeness (QED) is 0.0261. The molecule has 1 unspecified atom stereocenters. The molecule has 6 nitrogen and oxygen atoms in total. The molecule has 0 radical (unpaired) electrons. The van der Waals surface area contributed by atoms with Gasteiger partial charge in [-0.3, -0.25) is 14.4 Å². The van der Waals surface area contributed by atoms with Gasteiger partial charge >= 0.3 is 17.9 Å². The molecule has 0 aromatic heterocycles. The fourth-order valence-electron chi connectivity index (χ4n) is 9.59. The standard InChI is InChI=1S/C75H128O6/c1-4-7-10-13-16-19-22-25-28-30-32-34-35-36-37-38-39-41-42-44-47-50-53-56-59-62-65-68-74(77)80-71-72(70-79-73(76)67-64-61-58-55-52-49-46-27-24-21-18-15-12-9-6-3)81-75(78)69-66-63-60-57-54-51-48-45-43-40-33-31-29-26-23-20-17-14-11-8-5-2/h8,11,17,20,22,25-27,29-30,32-33,40,45-46,48,54,57,72H,4-7,9-10,12-16,18-19,21,23-24,28,31,34-39,41-44,47,49-53,55-56,58-71H2,1-3H3/b11-8-,20-17-,25-22-,29-26-,32-30-,40-33-,46-27-,48-45-,57-54-. The third-order valence-corrected chi connectivity index (χ3v) is 14.7. The van der Waals surface area contributed by atoms with Crippen LogP contribution in [0.1, 0.15) is 329 Å². The van der Waals surface area contributed by atoms with Gasteiger partial charge in [-0.05, 0) is 128 Å². The van der Waals surface area contributed by atoms with E-state index in [1.165, 1.54) is 180 Å². The molecule has 0 aliphatic heterocycles. The molecule has 0 aromatic carbocycles. The number of allylic oxidation sites excluding steroid dienone is 18. The summed E-state index contributed by atoms with van der Waals surface area (Å²) >= 11 is 0. The van der Waals surface area contributed by atoms with E-state index in [1.54, 1.807) is 0 Å². The fourth-order valence-corrected chi connectivity index (χ4v) is 9.59. The smallest absolute Gasteiger partial charge is 0.306 e. The molecule has 0 spiro atoms. The highest BCUT2D eigenvalue weighted by Crippen LogP contribution is 2.16. The van der Waals surface area contributed by atoms with Crippen molar-refractivity contribution in [2.24, 2.45) is 0 Å². The summed E-state index contributed by atoms with van der Waals surface area (Å²) < 4.78 is 16.9. The normalized spacial score (nSPS) is 12.8. The summed E-state index contributed by atoms with van der Waals surface area (Å²) in [5.41, 5.74) is 0. The molecule has 1 atom stereocenters. The number of rotatable bonds is 62. The van der Waals surface area contributed by atoms with E-state index >= 15 is 0 Å². The molecule has 0 N–H and O–H groups in total. The predicted molar refractivity (Wildman–Crippen MR) is 353 cm³/mol. The Morgan fingerprint density at radius 1 is 0.259 bits per heavy atom. The van der Waals surface area contributed by atoms with Gasteiger partial charge in [0.15, 0.2) is 6.10 Å². The van der Waals surface area contributed by atoms with Crippen molar-refractivity contribution in [1.82, 2.24) is 0 Å². The molecular weight excluding hydrogens is 997 g/mol. The van der Waals surface area contributed by atoms with E-state index in [-0.39, 0.29) is 37.5 Å². The number of unbranched alkanes of at least 4 members (excludes halogenated alkanes) is 33. The number of ether oxygens (including phenoxy) is 3. The second-order valence-corrected chi connectivity index (χ2v) is 22.7. The lowest BCUT2D eigenvalue weighted by Gasteiger charge is -2.18. The third-order valence-electron chi connectivity index (χ3n) is 14.7. The molecule has 0 saturated carbocycles. The molecule has 464 valence electrons. The average Bonchev–Trinajstić information content (AvgIpc) is 3.47. The maximum absolute atomic E-state index is 12.9. The van der Waals surface area contributed by atoms with E-state index < -0.39 is 6.10 Å². The van der Waals surface area contributed by atoms with Crippen molar-refractivity contribution in [2.75, 3.05) is 13.2 Å². The first-order valence-corrected chi connectivity index (χ1v) is 34.4. The maximum atomic E-state index is 12.9. The zero-order chi connectivity index (χ0) is 58.5. The van der Waals surface area contributed by atoms with Gasteiger partial charge in [0.2, 0.25) is 0 Å². The largest absolute Gasteiger partial charge is 0.462 e. The first-order chi connectivity index (χ1) is 40.0. The van der Waals surface area contributed by atoms with Crippen molar-refractivity contribution in [2.45, 2.75) is 335 Å². The summed E-state index contributed by atoms with van der Waals surface area (Å²) in [5, 5.41) is 0. The van der Waals surface area contributed by atoms with Crippen LogP contribution in [0.25, 0.3) is 0 Å². The minimum atomic E-state index is -0.808. The van der Waals surface area contributed by atoms with E-state index in [4.69, 9.17) is 14.2 Å². The number of carbonyl (C=O) groups excluding carboxylic acids is 3. The van der Waals surface area contributed by atoms with Crippen LogP contribution in [0.4, 0.5) is 0 Å². The highest BCUT2D eigenvalue weighted by Gasteiger charge is 2.19. The minimum absolute atomic E-state index is 0.0978. The molecule has 0 heterocycles. The number of carbonyl (C=O) groups is 3. The molecule has 0 aliphatic rings. The Hall–Kier alpha value is -3.93. The number of esters is 3. The molecule has 0 aromatic rings. The van der Waals surface area contributed by atoms with Crippen LogP contribution in [0.5, 0.6) is 0 Å². The van der Waals surface area contributed by atoms with Gasteiger partial charge in [-0.25, -0.2) is 0 Å². The third kappa shape index (κ3) is 66.8. The minimum Gasteiger partial charge on any atom is -0.462 e. The Kier molecular flexibility index (Phi) is 65.2. The first-order valence-electron chi connectivity index (χ1n) is 34.4. The molecular formula is C75H128O6. The molecule has 0 amide bonds. The van der Waals surface area contributed by atoms with Crippen molar-refractivity contribution < 1.29 is 28.6 Å². The zero-order valence-electron chi connectivity index (χ0n) is 53.3. The Morgan fingerprint density at radius 3 is 0.790 bits per heavy atom. The van der Waals surface area contributed by atoms with Crippen molar-refractivity contribution >= 4 is 17.9 Å². The molecule has 0 aliphatic carbocycles. The van der Waals surface area contributed by atoms with Gasteiger partial charge in [0.1, 0.15) is 13.2 Å². The Morgan fingerprint density at radius 2 is 0.481 bits per heavy atom. The molecule has 0 saturated heterocycles. The van der Waals surface area contributed by atoms with E-state index in [0.29, 0.717) is 19.3 Å². The zero-order valence-corrected chi connectivity index (χ0v) is 53.3. The van der Waals surface area contributed by atoms with Gasteiger partial charge in [-0.2, -0.15) is 0 Å². The summed E-state index contributed by atoms with van der Waals surface area (Å²) in [6.07, 6.45) is 94.0. The van der Waals surface area contributed by atoms with Crippen LogP contribution >= 0.6 is 0 Å². The molecule has 81 heavy (non-hydrogen) atoms. The lowest BCUT2D eigenvalue weighted by molar-refractivity contribution is -0.167. The summed E-state index contributed by atoms with van der Waals surface area (Å²) in [6, 6.07) is 0. The topological polar surface area (TPSA) is 78.9 Å². The van der Waals surface area contributed by atoms with Gasteiger partial charge in [0.05, 0.1) is 0 Å². The van der Waals surface area contributed by atoms with E-state index in [2.05, 4.69) is 130 Å². The van der Waals surface area contributed by atoms with Crippen LogP contribution in [0, 0.1) is 0 Å². The van der Waals surface area contributed by atoms with E-state index in [9.17, 15) is 14.4 Å². The lowest BCUT2D eigenvalue weighted by atomic mass is 10.0. The highest BCUT2D eigenvalue weighted by atomic mass is 16.6. The van der Waals surface area contributed by atoms with Crippen molar-refractivity contribution in [3.8, 4) is 0 Å². The van der Waals surface area contributed by atoms with Crippen molar-refractivity contribution in [3.05, 3.63) is 109 Å². The first kappa shape index (κ1) is 77.1. The summed E-state index contributed by atoms with van der Waals surface area (Å²) in [7, 11) is 0. The summed E-state index contributed by atoms with van der Waals surface area (Å²) in [6.45, 7) is 6.50. The van der Waals surface area contributed by atoms with Gasteiger partial charge in [0, 0.05) is 19.3 Å². The van der Waals surface area contributed by atoms with Crippen molar-refractivity contribution in [3.63, 3.8) is 0 Å². The molecule has 0 fully saturated rings. The van der Waals surface area contributed by atoms with Crippen LogP contribution in [0.15, 0.2) is 109 Å². The van der Waals surface area contributed by atoms with Crippen LogP contribution in [-0.2, 0) is 28.6 Å². The maximum Gasteiger partial charge on any atom is 0.306 e. The van der Waals surface area contributed by atoms with Gasteiger partial charge < -0.3 is 14.2 Å². The van der Waals surface area contributed by atoms with Crippen LogP contribution in [0.2, 0.25) is 0 Å². The Labute approximate surface area is 501 Å². The summed E-state index contributed by atoms with van der Waals surface area (Å²) in [5.74, 6) is -0.940. The van der Waals surface area contributed by atoms with Gasteiger partial charge in [0.25, 0.3) is 0 Å². The van der Waals surface area contributed by atoms with E-state index in [1.807, 2.05) is 0 Å². The van der Waals surface area contributed by atoms with Crippen molar-refractivity contribution in [1.29, 1.82) is 0 Å². The second-order valence-electron chi connectivity index (χ2n) is 22.7. The number of hydrogen-bond acceptors (Lipinski definition) is 6. The fraction of sp³-hybridized carbons (Fsp3) is 0.720. The molecule has 0 rings (SSSR count). The SMILES string of the molecule is CC/C=C\C/C=C\C/C=C\C/C=C\C/C=C\C/C=C\CCCCC(=O)OC(COC(=O)CCCCCCC/C=C\CCCCCCCC)COC(=O)CCCCCCCCCCCCCCCCC/C=C\C/C=C\CCCCCCC. The predicted octanol–water partition coefficient (Wildman–Crippen LogP) is 23.8. The van der Waals surface area contributed by atoms with Gasteiger partial charge in [-0.1, -0.05) is 291 Å². The van der Waals surface area contributed by atoms with Crippen LogP contribution in [-0.4, -0.2) is 37.2 Å². The lowest BCUT2D eigenvalue weighted by Crippen LogP contribution is -2.30. The van der Waals surface area contributed by atoms with Crippen LogP contribution < -0.4 is 0 Å². The number of hydrogen-bond donors (Lipinski definition) is 0. The highest BCUT2D eigenvalue weighted by molar-refractivity contribution is 5.71.